The summed E-state index contributed by atoms with van der Waals surface area (Å²) in [7, 11) is 1.32. The van der Waals surface area contributed by atoms with Crippen LogP contribution in [-0.4, -0.2) is 35.4 Å². The number of fused-ring (bicyclic) bond motifs is 1. The Morgan fingerprint density at radius 2 is 2.15 bits per heavy atom. The Morgan fingerprint density at radius 3 is 2.88 bits per heavy atom. The molecule has 0 saturated carbocycles. The Labute approximate surface area is 152 Å². The van der Waals surface area contributed by atoms with Gasteiger partial charge in [0.25, 0.3) is 0 Å². The van der Waals surface area contributed by atoms with Gasteiger partial charge in [-0.05, 0) is 19.4 Å². The lowest BCUT2D eigenvalue weighted by Crippen LogP contribution is -2.25. The molecule has 138 valence electrons. The first-order chi connectivity index (χ1) is 12.5. The summed E-state index contributed by atoms with van der Waals surface area (Å²) in [6.45, 7) is 4.59. The third kappa shape index (κ3) is 3.42. The third-order valence-electron chi connectivity index (χ3n) is 4.47. The van der Waals surface area contributed by atoms with Crippen molar-refractivity contribution in [3.63, 3.8) is 0 Å². The number of ether oxygens (including phenoxy) is 2. The van der Waals surface area contributed by atoms with Crippen LogP contribution in [0.5, 0.6) is 5.75 Å². The highest BCUT2D eigenvalue weighted by Crippen LogP contribution is 2.42. The van der Waals surface area contributed by atoms with E-state index in [0.717, 1.165) is 35.6 Å². The molecular formula is C19H23N3O4. The molecule has 7 nitrogen and oxygen atoms in total. The zero-order valence-corrected chi connectivity index (χ0v) is 15.2. The van der Waals surface area contributed by atoms with Crippen LogP contribution in [0.1, 0.15) is 42.5 Å². The molecule has 1 amide bonds. The average molecular weight is 357 g/mol. The number of hydrogen-bond donors (Lipinski definition) is 1. The fourth-order valence-corrected chi connectivity index (χ4v) is 3.35. The van der Waals surface area contributed by atoms with Gasteiger partial charge in [-0.2, -0.15) is 5.10 Å². The number of carbonyl (C=O) groups excluding carboxylic acids is 2. The van der Waals surface area contributed by atoms with Crippen molar-refractivity contribution in [2.45, 2.75) is 39.2 Å². The number of esters is 1. The average Bonchev–Trinajstić information content (AvgIpc) is 2.95. The molecule has 1 aromatic carbocycles. The number of carbonyl (C=O) groups is 2. The van der Waals surface area contributed by atoms with Crippen molar-refractivity contribution in [2.75, 3.05) is 19.0 Å². The van der Waals surface area contributed by atoms with E-state index in [1.54, 1.807) is 6.07 Å². The quantitative estimate of drug-likeness (QED) is 0.804. The van der Waals surface area contributed by atoms with Gasteiger partial charge in [-0.1, -0.05) is 25.1 Å². The first-order valence-corrected chi connectivity index (χ1v) is 8.70. The number of aromatic nitrogens is 2. The largest absolute Gasteiger partial charge is 0.482 e. The SMILES string of the molecule is CCCn1nc(C)c2c1NC(=O)CC2c1ccccc1OCC(=O)OC. The summed E-state index contributed by atoms with van der Waals surface area (Å²) >= 11 is 0. The standard InChI is InChI=1S/C19H23N3O4/c1-4-9-22-19-18(12(2)21-22)14(10-16(23)20-19)13-7-5-6-8-15(13)26-11-17(24)25-3/h5-8,14H,4,9-11H2,1-3H3,(H,20,23). The summed E-state index contributed by atoms with van der Waals surface area (Å²) in [6, 6.07) is 7.47. The molecule has 0 bridgehead atoms. The van der Waals surface area contributed by atoms with Crippen molar-refractivity contribution in [1.82, 2.24) is 9.78 Å². The number of benzene rings is 1. The van der Waals surface area contributed by atoms with Crippen LogP contribution < -0.4 is 10.1 Å². The van der Waals surface area contributed by atoms with E-state index in [1.165, 1.54) is 7.11 Å². The van der Waals surface area contributed by atoms with Crippen molar-refractivity contribution in [2.24, 2.45) is 0 Å². The van der Waals surface area contributed by atoms with Crippen LogP contribution in [-0.2, 0) is 20.9 Å². The highest BCUT2D eigenvalue weighted by molar-refractivity contribution is 5.94. The molecule has 0 radical (unpaired) electrons. The van der Waals surface area contributed by atoms with Gasteiger partial charge < -0.3 is 14.8 Å². The first-order valence-electron chi connectivity index (χ1n) is 8.70. The summed E-state index contributed by atoms with van der Waals surface area (Å²) < 4.78 is 12.1. The molecule has 0 spiro atoms. The van der Waals surface area contributed by atoms with Crippen molar-refractivity contribution in [3.8, 4) is 5.75 Å². The Bertz CT molecular complexity index is 828. The smallest absolute Gasteiger partial charge is 0.343 e. The van der Waals surface area contributed by atoms with Crippen LogP contribution in [0.25, 0.3) is 0 Å². The minimum Gasteiger partial charge on any atom is -0.482 e. The van der Waals surface area contributed by atoms with Gasteiger partial charge in [-0.3, -0.25) is 4.79 Å². The van der Waals surface area contributed by atoms with E-state index >= 15 is 0 Å². The second-order valence-corrected chi connectivity index (χ2v) is 6.28. The van der Waals surface area contributed by atoms with Gasteiger partial charge in [-0.25, -0.2) is 9.48 Å². The number of hydrogen-bond acceptors (Lipinski definition) is 5. The summed E-state index contributed by atoms with van der Waals surface area (Å²) in [5.41, 5.74) is 2.76. The lowest BCUT2D eigenvalue weighted by molar-refractivity contribution is -0.142. The molecule has 26 heavy (non-hydrogen) atoms. The van der Waals surface area contributed by atoms with Crippen LogP contribution in [0.15, 0.2) is 24.3 Å². The number of rotatable bonds is 6. The zero-order chi connectivity index (χ0) is 18.7. The van der Waals surface area contributed by atoms with Gasteiger partial charge in [0.2, 0.25) is 5.91 Å². The van der Waals surface area contributed by atoms with E-state index < -0.39 is 5.97 Å². The van der Waals surface area contributed by atoms with Gasteiger partial charge in [-0.15, -0.1) is 0 Å². The van der Waals surface area contributed by atoms with Crippen LogP contribution in [0.2, 0.25) is 0 Å². The van der Waals surface area contributed by atoms with Crippen molar-refractivity contribution < 1.29 is 19.1 Å². The van der Waals surface area contributed by atoms with E-state index in [0.29, 0.717) is 12.2 Å². The number of amides is 1. The van der Waals surface area contributed by atoms with Crippen LogP contribution in [0.3, 0.4) is 0 Å². The lowest BCUT2D eigenvalue weighted by Gasteiger charge is -2.26. The highest BCUT2D eigenvalue weighted by Gasteiger charge is 2.33. The van der Waals surface area contributed by atoms with Gasteiger partial charge in [0.15, 0.2) is 6.61 Å². The molecule has 0 fully saturated rings. The predicted octanol–water partition coefficient (Wildman–Crippen LogP) is 2.63. The van der Waals surface area contributed by atoms with Gasteiger partial charge >= 0.3 is 5.97 Å². The van der Waals surface area contributed by atoms with Gasteiger partial charge in [0, 0.05) is 30.0 Å². The minimum atomic E-state index is -0.450. The molecule has 7 heteroatoms. The van der Waals surface area contributed by atoms with E-state index in [-0.39, 0.29) is 18.4 Å². The molecule has 3 rings (SSSR count). The molecule has 2 aromatic rings. The number of para-hydroxylation sites is 1. The predicted molar refractivity (Wildman–Crippen MR) is 96.3 cm³/mol. The van der Waals surface area contributed by atoms with Crippen molar-refractivity contribution in [1.29, 1.82) is 0 Å². The number of methoxy groups -OCH3 is 1. The number of nitrogens with zero attached hydrogens (tertiary/aromatic N) is 2. The van der Waals surface area contributed by atoms with Gasteiger partial charge in [0.05, 0.1) is 12.8 Å². The van der Waals surface area contributed by atoms with E-state index in [1.807, 2.05) is 29.8 Å². The van der Waals surface area contributed by atoms with Crippen molar-refractivity contribution in [3.05, 3.63) is 41.1 Å². The van der Waals surface area contributed by atoms with E-state index in [2.05, 4.69) is 22.1 Å². The molecule has 1 aliphatic rings. The molecule has 2 heterocycles. The molecule has 0 saturated heterocycles. The summed E-state index contributed by atoms with van der Waals surface area (Å²) in [4.78, 5) is 23.8. The lowest BCUT2D eigenvalue weighted by atomic mass is 9.85. The van der Waals surface area contributed by atoms with Crippen LogP contribution in [0, 0.1) is 6.92 Å². The van der Waals surface area contributed by atoms with Crippen LogP contribution >= 0.6 is 0 Å². The van der Waals surface area contributed by atoms with Crippen molar-refractivity contribution >= 4 is 17.7 Å². The maximum absolute atomic E-state index is 12.3. The zero-order valence-electron chi connectivity index (χ0n) is 15.2. The molecule has 1 N–H and O–H groups in total. The molecule has 1 atom stereocenters. The van der Waals surface area contributed by atoms with Gasteiger partial charge in [0.1, 0.15) is 11.6 Å². The first kappa shape index (κ1) is 18.0. The Kier molecular flexibility index (Phi) is 5.25. The molecule has 0 aliphatic carbocycles. The Balaban J connectivity index is 2.01. The third-order valence-corrected chi connectivity index (χ3v) is 4.47. The molecular weight excluding hydrogens is 334 g/mol. The minimum absolute atomic E-state index is 0.0532. The monoisotopic (exact) mass is 357 g/mol. The number of nitrogens with one attached hydrogen (secondary N) is 1. The topological polar surface area (TPSA) is 82.5 Å². The second-order valence-electron chi connectivity index (χ2n) is 6.28. The fourth-order valence-electron chi connectivity index (χ4n) is 3.35. The summed E-state index contributed by atoms with van der Waals surface area (Å²) in [5.74, 6) is 0.661. The Morgan fingerprint density at radius 1 is 1.38 bits per heavy atom. The maximum atomic E-state index is 12.3. The number of aryl methyl sites for hydroxylation is 2. The normalized spacial score (nSPS) is 16.0. The van der Waals surface area contributed by atoms with E-state index in [4.69, 9.17) is 4.74 Å². The molecule has 1 unspecified atom stereocenters. The number of anilines is 1. The maximum Gasteiger partial charge on any atom is 0.343 e. The van der Waals surface area contributed by atoms with E-state index in [9.17, 15) is 9.59 Å². The summed E-state index contributed by atoms with van der Waals surface area (Å²) in [5, 5.41) is 7.56. The molecule has 1 aliphatic heterocycles. The van der Waals surface area contributed by atoms with Crippen LogP contribution in [0.4, 0.5) is 5.82 Å². The fraction of sp³-hybridized carbons (Fsp3) is 0.421. The Hall–Kier alpha value is -2.83. The molecule has 1 aromatic heterocycles. The second kappa shape index (κ2) is 7.59. The summed E-state index contributed by atoms with van der Waals surface area (Å²) in [6.07, 6.45) is 1.23. The highest BCUT2D eigenvalue weighted by atomic mass is 16.6.